The van der Waals surface area contributed by atoms with Gasteiger partial charge in [-0.1, -0.05) is 0 Å². The van der Waals surface area contributed by atoms with Crippen molar-refractivity contribution in [2.24, 2.45) is 0 Å². The van der Waals surface area contributed by atoms with E-state index in [1.165, 1.54) is 0 Å². The Hall–Kier alpha value is -4.51. The van der Waals surface area contributed by atoms with Gasteiger partial charge in [0, 0.05) is 62.1 Å². The van der Waals surface area contributed by atoms with Crippen LogP contribution in [0.25, 0.3) is 16.6 Å². The fraction of sp³-hybridized carbons (Fsp3) is 0.345. The van der Waals surface area contributed by atoms with E-state index >= 15 is 0 Å². The number of amides is 2. The zero-order valence-electron chi connectivity index (χ0n) is 22.6. The fourth-order valence-corrected chi connectivity index (χ4v) is 5.66. The van der Waals surface area contributed by atoms with Crippen LogP contribution in [0.3, 0.4) is 0 Å². The Morgan fingerprint density at radius 2 is 1.85 bits per heavy atom. The molecular weight excluding hydrogens is 510 g/mol. The summed E-state index contributed by atoms with van der Waals surface area (Å²) in [5.74, 6) is 1.75. The normalized spacial score (nSPS) is 20.3. The number of piperidine rings is 1. The highest BCUT2D eigenvalue weighted by atomic mass is 16.5. The van der Waals surface area contributed by atoms with Crippen molar-refractivity contribution in [2.75, 3.05) is 25.6 Å². The first-order valence-electron chi connectivity index (χ1n) is 13.3. The van der Waals surface area contributed by atoms with Crippen LogP contribution < -0.4 is 15.4 Å². The molecule has 6 rings (SSSR count). The molecule has 11 nitrogen and oxygen atoms in total. The van der Waals surface area contributed by atoms with E-state index in [0.717, 1.165) is 35.2 Å². The summed E-state index contributed by atoms with van der Waals surface area (Å²) in [6.45, 7) is 4.66. The van der Waals surface area contributed by atoms with Gasteiger partial charge in [0.1, 0.15) is 17.7 Å². The predicted octanol–water partition coefficient (Wildman–Crippen LogP) is 3.36. The standard InChI is InChI=1S/C29H31N7O4/c1-17-8-25(26(14-32-17)40-24-11-22-15-39-16-23(12-24)36(22)18(2)37)19-5-7-35-21(9-19)13-28(34-35)33-27-10-20(4-6-31-27)29(38)30-3/h4-10,13-14,22-24H,11-12,15-16H2,1-3H3,(H,30,38)(H,31,33,34)/t22-,23+,24-. The summed E-state index contributed by atoms with van der Waals surface area (Å²) in [5.41, 5.74) is 4.20. The Bertz CT molecular complexity index is 1570. The Morgan fingerprint density at radius 3 is 2.60 bits per heavy atom. The highest BCUT2D eigenvalue weighted by molar-refractivity contribution is 5.94. The van der Waals surface area contributed by atoms with Crippen molar-refractivity contribution in [2.45, 2.75) is 44.9 Å². The topological polar surface area (TPSA) is 123 Å². The van der Waals surface area contributed by atoms with E-state index in [9.17, 15) is 9.59 Å². The summed E-state index contributed by atoms with van der Waals surface area (Å²) in [4.78, 5) is 35.0. The maximum atomic E-state index is 12.2. The number of carbonyl (C=O) groups excluding carboxylic acids is 2. The first-order chi connectivity index (χ1) is 19.4. The zero-order valence-corrected chi connectivity index (χ0v) is 22.6. The quantitative estimate of drug-likeness (QED) is 0.381. The number of rotatable bonds is 6. The van der Waals surface area contributed by atoms with Gasteiger partial charge in [0.2, 0.25) is 5.91 Å². The molecule has 0 aliphatic carbocycles. The van der Waals surface area contributed by atoms with E-state index in [0.29, 0.717) is 36.2 Å². The lowest BCUT2D eigenvalue weighted by atomic mass is 9.91. The van der Waals surface area contributed by atoms with E-state index in [2.05, 4.69) is 31.8 Å². The third-order valence-electron chi connectivity index (χ3n) is 7.42. The first kappa shape index (κ1) is 25.8. The molecule has 11 heteroatoms. The second kappa shape index (κ2) is 10.6. The van der Waals surface area contributed by atoms with Gasteiger partial charge < -0.3 is 25.0 Å². The number of aryl methyl sites for hydroxylation is 1. The summed E-state index contributed by atoms with van der Waals surface area (Å²) in [6, 6.07) is 11.4. The summed E-state index contributed by atoms with van der Waals surface area (Å²) >= 11 is 0. The van der Waals surface area contributed by atoms with Gasteiger partial charge in [0.25, 0.3) is 5.91 Å². The number of hydrogen-bond donors (Lipinski definition) is 2. The summed E-state index contributed by atoms with van der Waals surface area (Å²) in [7, 11) is 1.59. The van der Waals surface area contributed by atoms with Crippen LogP contribution in [0.2, 0.25) is 0 Å². The lowest BCUT2D eigenvalue weighted by molar-refractivity contribution is -0.153. The number of ether oxygens (including phenoxy) is 2. The molecule has 0 unspecified atom stereocenters. The van der Waals surface area contributed by atoms with Crippen molar-refractivity contribution in [3.05, 3.63) is 66.2 Å². The van der Waals surface area contributed by atoms with Gasteiger partial charge in [0.05, 0.1) is 37.0 Å². The second-order valence-corrected chi connectivity index (χ2v) is 10.3. The van der Waals surface area contributed by atoms with Crippen LogP contribution >= 0.6 is 0 Å². The van der Waals surface area contributed by atoms with Gasteiger partial charge in [-0.05, 0) is 42.8 Å². The number of aromatic nitrogens is 4. The maximum absolute atomic E-state index is 12.2. The second-order valence-electron chi connectivity index (χ2n) is 10.3. The SMILES string of the molecule is CNC(=O)c1ccnc(Nc2cc3cc(-c4cc(C)ncc4O[C@H]4C[C@H]5COC[C@@H](C4)N5C(C)=O)ccn3n2)c1. The molecule has 0 spiro atoms. The fourth-order valence-electron chi connectivity index (χ4n) is 5.66. The van der Waals surface area contributed by atoms with Crippen LogP contribution in [0.5, 0.6) is 5.75 Å². The molecule has 2 saturated heterocycles. The number of morpholine rings is 1. The number of fused-ring (bicyclic) bond motifs is 3. The Labute approximate surface area is 231 Å². The van der Waals surface area contributed by atoms with Gasteiger partial charge in [-0.15, -0.1) is 0 Å². The smallest absolute Gasteiger partial charge is 0.251 e. The molecule has 40 heavy (non-hydrogen) atoms. The zero-order chi connectivity index (χ0) is 27.8. The van der Waals surface area contributed by atoms with Crippen LogP contribution in [0.1, 0.15) is 35.8 Å². The number of carbonyl (C=O) groups is 2. The Morgan fingerprint density at radius 1 is 1.05 bits per heavy atom. The van der Waals surface area contributed by atoms with Crippen molar-refractivity contribution in [3.63, 3.8) is 0 Å². The lowest BCUT2D eigenvalue weighted by Crippen LogP contribution is -2.60. The predicted molar refractivity (Wildman–Crippen MR) is 149 cm³/mol. The van der Waals surface area contributed by atoms with E-state index in [1.54, 1.807) is 43.0 Å². The van der Waals surface area contributed by atoms with E-state index < -0.39 is 0 Å². The molecule has 2 fully saturated rings. The molecule has 206 valence electrons. The number of pyridine rings is 3. The minimum Gasteiger partial charge on any atom is -0.488 e. The van der Waals surface area contributed by atoms with Crippen LogP contribution in [-0.2, 0) is 9.53 Å². The maximum Gasteiger partial charge on any atom is 0.251 e. The molecule has 2 aliphatic heterocycles. The average Bonchev–Trinajstić information content (AvgIpc) is 3.34. The van der Waals surface area contributed by atoms with Crippen molar-refractivity contribution in [1.29, 1.82) is 0 Å². The molecule has 2 N–H and O–H groups in total. The van der Waals surface area contributed by atoms with Crippen LogP contribution in [0.4, 0.5) is 11.6 Å². The highest BCUT2D eigenvalue weighted by Crippen LogP contribution is 2.36. The molecule has 2 aliphatic rings. The molecule has 2 bridgehead atoms. The van der Waals surface area contributed by atoms with Crippen molar-refractivity contribution < 1.29 is 19.1 Å². The average molecular weight is 542 g/mol. The number of nitrogens with zero attached hydrogens (tertiary/aromatic N) is 5. The monoisotopic (exact) mass is 541 g/mol. The highest BCUT2D eigenvalue weighted by Gasteiger charge is 2.41. The van der Waals surface area contributed by atoms with Crippen LogP contribution in [0.15, 0.2) is 55.0 Å². The molecule has 0 radical (unpaired) electrons. The van der Waals surface area contributed by atoms with Gasteiger partial charge in [0.15, 0.2) is 5.82 Å². The molecule has 4 aromatic rings. The van der Waals surface area contributed by atoms with Crippen LogP contribution in [0, 0.1) is 6.92 Å². The molecule has 0 aromatic carbocycles. The van der Waals surface area contributed by atoms with Crippen LogP contribution in [-0.4, -0.2) is 74.7 Å². The molecule has 6 heterocycles. The minimum atomic E-state index is -0.184. The van der Waals surface area contributed by atoms with Gasteiger partial charge in [-0.3, -0.25) is 14.6 Å². The summed E-state index contributed by atoms with van der Waals surface area (Å²) in [5, 5.41) is 10.4. The third kappa shape index (κ3) is 5.07. The molecular formula is C29H31N7O4. The largest absolute Gasteiger partial charge is 0.488 e. The van der Waals surface area contributed by atoms with E-state index in [1.807, 2.05) is 36.2 Å². The lowest BCUT2D eigenvalue weighted by Gasteiger charge is -2.47. The van der Waals surface area contributed by atoms with E-state index in [-0.39, 0.29) is 30.0 Å². The minimum absolute atomic E-state index is 0.0254. The molecule has 3 atom stereocenters. The molecule has 4 aromatic heterocycles. The number of hydrogen-bond acceptors (Lipinski definition) is 8. The van der Waals surface area contributed by atoms with Crippen molar-refractivity contribution >= 4 is 29.0 Å². The van der Waals surface area contributed by atoms with Crippen molar-refractivity contribution in [1.82, 2.24) is 29.8 Å². The van der Waals surface area contributed by atoms with Gasteiger partial charge >= 0.3 is 0 Å². The Balaban J connectivity index is 1.25. The van der Waals surface area contributed by atoms with Crippen molar-refractivity contribution in [3.8, 4) is 16.9 Å². The summed E-state index contributed by atoms with van der Waals surface area (Å²) < 4.78 is 14.1. The third-order valence-corrected chi connectivity index (χ3v) is 7.42. The number of nitrogens with one attached hydrogen (secondary N) is 2. The van der Waals surface area contributed by atoms with Gasteiger partial charge in [-0.25, -0.2) is 9.50 Å². The molecule has 2 amide bonds. The first-order valence-corrected chi connectivity index (χ1v) is 13.3. The molecule has 0 saturated carbocycles. The van der Waals surface area contributed by atoms with E-state index in [4.69, 9.17) is 9.47 Å². The number of anilines is 2. The Kier molecular flexibility index (Phi) is 6.81. The summed E-state index contributed by atoms with van der Waals surface area (Å²) in [6.07, 6.45) is 6.66. The van der Waals surface area contributed by atoms with Gasteiger partial charge in [-0.2, -0.15) is 5.10 Å².